The molecule has 2 saturated heterocycles. The molecule has 0 radical (unpaired) electrons. The maximum atomic E-state index is 11.8. The first-order valence-corrected chi connectivity index (χ1v) is 6.12. The van der Waals surface area contributed by atoms with Gasteiger partial charge in [-0.15, -0.1) is 0 Å². The third kappa shape index (κ3) is 2.96. The molecule has 2 rings (SSSR count). The van der Waals surface area contributed by atoms with Crippen LogP contribution in [-0.2, 0) is 14.3 Å². The molecule has 1 spiro atoms. The second-order valence-corrected chi connectivity index (χ2v) is 4.32. The van der Waals surface area contributed by atoms with Gasteiger partial charge in [-0.05, 0) is 6.92 Å². The molecule has 0 aliphatic carbocycles. The summed E-state index contributed by atoms with van der Waals surface area (Å²) in [5.74, 6) is -0.333. The number of piperidine rings is 1. The average molecular weight is 237 g/mol. The van der Waals surface area contributed by atoms with Crippen molar-refractivity contribution in [2.75, 3.05) is 26.3 Å². The van der Waals surface area contributed by atoms with Crippen LogP contribution < -0.4 is 0 Å². The van der Waals surface area contributed by atoms with Gasteiger partial charge in [-0.25, -0.2) is 0 Å². The predicted octanol–water partition coefficient (Wildman–Crippen LogP) is 1.48. The van der Waals surface area contributed by atoms with Gasteiger partial charge in [0.05, 0.1) is 13.2 Å². The van der Waals surface area contributed by atoms with Crippen molar-refractivity contribution >= 4 is 5.91 Å². The number of hydrogen-bond acceptors (Lipinski definition) is 3. The van der Waals surface area contributed by atoms with Crippen molar-refractivity contribution in [3.05, 3.63) is 24.3 Å². The van der Waals surface area contributed by atoms with Crippen molar-refractivity contribution in [1.82, 2.24) is 4.90 Å². The molecule has 0 saturated carbocycles. The van der Waals surface area contributed by atoms with Crippen LogP contribution in [-0.4, -0.2) is 42.9 Å². The van der Waals surface area contributed by atoms with Crippen LogP contribution in [0.1, 0.15) is 19.8 Å². The van der Waals surface area contributed by atoms with Crippen LogP contribution in [0.4, 0.5) is 0 Å². The molecule has 0 aromatic heterocycles. The summed E-state index contributed by atoms with van der Waals surface area (Å²) in [5, 5.41) is 0. The topological polar surface area (TPSA) is 38.8 Å². The van der Waals surface area contributed by atoms with Gasteiger partial charge in [-0.2, -0.15) is 0 Å². The van der Waals surface area contributed by atoms with Gasteiger partial charge in [0.15, 0.2) is 5.79 Å². The normalized spacial score (nSPS) is 24.2. The smallest absolute Gasteiger partial charge is 0.246 e. The molecule has 0 bridgehead atoms. The lowest BCUT2D eigenvalue weighted by atomic mass is 10.0. The zero-order valence-electron chi connectivity index (χ0n) is 10.2. The highest BCUT2D eigenvalue weighted by atomic mass is 16.7. The van der Waals surface area contributed by atoms with Crippen LogP contribution in [0, 0.1) is 0 Å². The largest absolute Gasteiger partial charge is 0.347 e. The summed E-state index contributed by atoms with van der Waals surface area (Å²) >= 11 is 0. The highest BCUT2D eigenvalue weighted by molar-refractivity contribution is 5.87. The molecule has 0 unspecified atom stereocenters. The molecule has 17 heavy (non-hydrogen) atoms. The van der Waals surface area contributed by atoms with Crippen molar-refractivity contribution in [1.29, 1.82) is 0 Å². The SMILES string of the molecule is C/C=C/C=C/C(=O)N1CCC2(CC1)OCCO2. The van der Waals surface area contributed by atoms with Crippen molar-refractivity contribution in [3.8, 4) is 0 Å². The van der Waals surface area contributed by atoms with Crippen molar-refractivity contribution in [2.24, 2.45) is 0 Å². The van der Waals surface area contributed by atoms with E-state index in [4.69, 9.17) is 9.47 Å². The Hall–Kier alpha value is -1.13. The van der Waals surface area contributed by atoms with Gasteiger partial charge in [-0.3, -0.25) is 4.79 Å². The van der Waals surface area contributed by atoms with E-state index in [0.717, 1.165) is 12.8 Å². The molecule has 2 aliphatic rings. The Labute approximate surface area is 102 Å². The summed E-state index contributed by atoms with van der Waals surface area (Å²) in [6.07, 6.45) is 8.68. The number of ether oxygens (including phenoxy) is 2. The maximum absolute atomic E-state index is 11.8. The predicted molar refractivity (Wildman–Crippen MR) is 64.4 cm³/mol. The first-order valence-electron chi connectivity index (χ1n) is 6.12. The fourth-order valence-electron chi connectivity index (χ4n) is 2.21. The fraction of sp³-hybridized carbons (Fsp3) is 0.615. The molecule has 94 valence electrons. The Balaban J connectivity index is 1.84. The van der Waals surface area contributed by atoms with Crippen LogP contribution in [0.25, 0.3) is 0 Å². The maximum Gasteiger partial charge on any atom is 0.246 e. The minimum absolute atomic E-state index is 0.0657. The second-order valence-electron chi connectivity index (χ2n) is 4.32. The Morgan fingerprint density at radius 3 is 2.41 bits per heavy atom. The van der Waals surface area contributed by atoms with Gasteiger partial charge >= 0.3 is 0 Å². The van der Waals surface area contributed by atoms with Gasteiger partial charge in [0, 0.05) is 32.0 Å². The molecule has 4 nitrogen and oxygen atoms in total. The molecule has 1 amide bonds. The molecule has 0 atom stereocenters. The van der Waals surface area contributed by atoms with E-state index in [9.17, 15) is 4.79 Å². The molecule has 0 aromatic carbocycles. The van der Waals surface area contributed by atoms with E-state index in [2.05, 4.69) is 0 Å². The Morgan fingerprint density at radius 1 is 1.18 bits per heavy atom. The molecule has 2 aliphatic heterocycles. The Bertz CT molecular complexity index is 320. The highest BCUT2D eigenvalue weighted by Crippen LogP contribution is 2.31. The second kappa shape index (κ2) is 5.47. The number of likely N-dealkylation sites (tertiary alicyclic amines) is 1. The fourth-order valence-corrected chi connectivity index (χ4v) is 2.21. The van der Waals surface area contributed by atoms with E-state index in [-0.39, 0.29) is 5.91 Å². The highest BCUT2D eigenvalue weighted by Gasteiger charge is 2.40. The van der Waals surface area contributed by atoms with E-state index < -0.39 is 5.79 Å². The zero-order chi connectivity index (χ0) is 12.1. The first-order chi connectivity index (χ1) is 8.26. The van der Waals surface area contributed by atoms with Crippen LogP contribution in [0.2, 0.25) is 0 Å². The molecular weight excluding hydrogens is 218 g/mol. The standard InChI is InChI=1S/C13H19NO3/c1-2-3-4-5-12(15)14-8-6-13(7-9-14)16-10-11-17-13/h2-5H,6-11H2,1H3/b3-2+,5-4+. The lowest BCUT2D eigenvalue weighted by molar-refractivity contribution is -0.186. The van der Waals surface area contributed by atoms with Crippen LogP contribution >= 0.6 is 0 Å². The van der Waals surface area contributed by atoms with E-state index in [1.54, 1.807) is 12.2 Å². The molecule has 2 fully saturated rings. The molecule has 2 heterocycles. The molecular formula is C13H19NO3. The van der Waals surface area contributed by atoms with E-state index >= 15 is 0 Å². The lowest BCUT2D eigenvalue weighted by Crippen LogP contribution is -2.46. The lowest BCUT2D eigenvalue weighted by Gasteiger charge is -2.37. The van der Waals surface area contributed by atoms with Crippen molar-refractivity contribution < 1.29 is 14.3 Å². The average Bonchev–Trinajstić information content (AvgIpc) is 2.79. The summed E-state index contributed by atoms with van der Waals surface area (Å²) in [6.45, 7) is 4.69. The van der Waals surface area contributed by atoms with Crippen LogP contribution in [0.15, 0.2) is 24.3 Å². The van der Waals surface area contributed by atoms with E-state index in [1.165, 1.54) is 0 Å². The number of rotatable bonds is 2. The van der Waals surface area contributed by atoms with Crippen molar-refractivity contribution in [2.45, 2.75) is 25.6 Å². The summed E-state index contributed by atoms with van der Waals surface area (Å²) in [5.41, 5.74) is 0. The number of nitrogens with zero attached hydrogens (tertiary/aromatic N) is 1. The summed E-state index contributed by atoms with van der Waals surface area (Å²) < 4.78 is 11.2. The minimum Gasteiger partial charge on any atom is -0.347 e. The summed E-state index contributed by atoms with van der Waals surface area (Å²) in [6, 6.07) is 0. The Morgan fingerprint density at radius 2 is 1.82 bits per heavy atom. The van der Waals surface area contributed by atoms with Gasteiger partial charge in [-0.1, -0.05) is 18.2 Å². The third-order valence-corrected chi connectivity index (χ3v) is 3.19. The van der Waals surface area contributed by atoms with Crippen LogP contribution in [0.5, 0.6) is 0 Å². The molecule has 4 heteroatoms. The van der Waals surface area contributed by atoms with Gasteiger partial charge in [0.2, 0.25) is 5.91 Å². The van der Waals surface area contributed by atoms with Crippen molar-refractivity contribution in [3.63, 3.8) is 0 Å². The summed E-state index contributed by atoms with van der Waals surface area (Å²) in [4.78, 5) is 13.6. The number of carbonyl (C=O) groups is 1. The quantitative estimate of drug-likeness (QED) is 0.539. The number of hydrogen-bond donors (Lipinski definition) is 0. The number of amides is 1. The number of allylic oxidation sites excluding steroid dienone is 3. The Kier molecular flexibility index (Phi) is 3.97. The number of carbonyl (C=O) groups excluding carboxylic acids is 1. The monoisotopic (exact) mass is 237 g/mol. The van der Waals surface area contributed by atoms with Gasteiger partial charge < -0.3 is 14.4 Å². The van der Waals surface area contributed by atoms with E-state index in [0.29, 0.717) is 26.3 Å². The summed E-state index contributed by atoms with van der Waals surface area (Å²) in [7, 11) is 0. The van der Waals surface area contributed by atoms with Gasteiger partial charge in [0.1, 0.15) is 0 Å². The van der Waals surface area contributed by atoms with E-state index in [1.807, 2.05) is 24.0 Å². The first kappa shape index (κ1) is 12.3. The minimum atomic E-state index is -0.399. The molecule has 0 N–H and O–H groups in total. The van der Waals surface area contributed by atoms with Gasteiger partial charge in [0.25, 0.3) is 0 Å². The zero-order valence-corrected chi connectivity index (χ0v) is 10.2. The van der Waals surface area contributed by atoms with Crippen LogP contribution in [0.3, 0.4) is 0 Å². The third-order valence-electron chi connectivity index (χ3n) is 3.19. The molecule has 0 aromatic rings.